The Balaban J connectivity index is 2.35. The van der Waals surface area contributed by atoms with E-state index in [-0.39, 0.29) is 70.3 Å². The summed E-state index contributed by atoms with van der Waals surface area (Å²) in [7, 11) is 0. The molecular formula is C19H29NO9. The summed E-state index contributed by atoms with van der Waals surface area (Å²) in [6.45, 7) is 3.67. The third-order valence-corrected chi connectivity index (χ3v) is 3.85. The number of amides is 2. The van der Waals surface area contributed by atoms with E-state index in [1.807, 2.05) is 13.8 Å². The minimum absolute atomic E-state index is 0.0322. The van der Waals surface area contributed by atoms with Crippen LogP contribution in [0.25, 0.3) is 0 Å². The Morgan fingerprint density at radius 2 is 1.38 bits per heavy atom. The molecule has 1 saturated heterocycles. The maximum Gasteiger partial charge on any atom is 0.333 e. The van der Waals surface area contributed by atoms with Gasteiger partial charge in [0.05, 0.1) is 6.42 Å². The summed E-state index contributed by atoms with van der Waals surface area (Å²) in [5.74, 6) is -2.54. The number of rotatable bonds is 14. The van der Waals surface area contributed by atoms with Gasteiger partial charge in [-0.2, -0.15) is 0 Å². The second-order valence-corrected chi connectivity index (χ2v) is 6.51. The first-order chi connectivity index (χ1) is 13.9. The number of ether oxygens (including phenoxy) is 3. The molecule has 0 radical (unpaired) electrons. The first kappa shape index (κ1) is 24.5. The van der Waals surface area contributed by atoms with Crippen LogP contribution in [0.15, 0.2) is 0 Å². The van der Waals surface area contributed by atoms with Crippen molar-refractivity contribution in [3.05, 3.63) is 0 Å². The van der Waals surface area contributed by atoms with Gasteiger partial charge in [0.1, 0.15) is 19.3 Å². The lowest BCUT2D eigenvalue weighted by Crippen LogP contribution is -2.32. The molecule has 0 unspecified atom stereocenters. The summed E-state index contributed by atoms with van der Waals surface area (Å²) in [6.07, 6.45) is 1.44. The summed E-state index contributed by atoms with van der Waals surface area (Å²) in [4.78, 5) is 62.4. The van der Waals surface area contributed by atoms with E-state index in [1.54, 1.807) is 0 Å². The topological polar surface area (TPSA) is 126 Å². The number of hydrogen-bond acceptors (Lipinski definition) is 9. The molecule has 2 amide bonds. The molecule has 0 spiro atoms. The van der Waals surface area contributed by atoms with Crippen LogP contribution in [0.4, 0.5) is 0 Å². The van der Waals surface area contributed by atoms with Crippen molar-refractivity contribution in [2.45, 2.75) is 71.3 Å². The van der Waals surface area contributed by atoms with Crippen molar-refractivity contribution in [3.63, 3.8) is 0 Å². The maximum atomic E-state index is 11.7. The van der Waals surface area contributed by atoms with Gasteiger partial charge < -0.3 is 19.0 Å². The number of imide groups is 1. The molecule has 1 heterocycles. The van der Waals surface area contributed by atoms with Gasteiger partial charge in [0.25, 0.3) is 11.8 Å². The molecule has 0 atom stereocenters. The van der Waals surface area contributed by atoms with Crippen molar-refractivity contribution in [2.24, 2.45) is 0 Å². The average molecular weight is 415 g/mol. The van der Waals surface area contributed by atoms with Crippen LogP contribution in [-0.2, 0) is 43.0 Å². The van der Waals surface area contributed by atoms with Crippen molar-refractivity contribution >= 4 is 29.7 Å². The minimum Gasteiger partial charge on any atom is -0.463 e. The third-order valence-electron chi connectivity index (χ3n) is 3.85. The minimum atomic E-state index is -0.725. The van der Waals surface area contributed by atoms with Gasteiger partial charge in [-0.15, -0.1) is 5.06 Å². The van der Waals surface area contributed by atoms with E-state index in [1.165, 1.54) is 0 Å². The first-order valence-electron chi connectivity index (χ1n) is 9.86. The van der Waals surface area contributed by atoms with Gasteiger partial charge in [-0.3, -0.25) is 19.2 Å². The predicted octanol–water partition coefficient (Wildman–Crippen LogP) is 1.45. The predicted molar refractivity (Wildman–Crippen MR) is 97.9 cm³/mol. The maximum absolute atomic E-state index is 11.7. The number of hydrogen-bond donors (Lipinski definition) is 0. The third kappa shape index (κ3) is 10.0. The molecule has 0 saturated carbocycles. The van der Waals surface area contributed by atoms with Crippen molar-refractivity contribution in [2.75, 3.05) is 19.8 Å². The first-order valence-corrected chi connectivity index (χ1v) is 9.86. The van der Waals surface area contributed by atoms with Gasteiger partial charge >= 0.3 is 17.9 Å². The zero-order chi connectivity index (χ0) is 21.6. The quantitative estimate of drug-likeness (QED) is 0.235. The Kier molecular flexibility index (Phi) is 11.6. The number of esters is 2. The summed E-state index contributed by atoms with van der Waals surface area (Å²) >= 11 is 0. The van der Waals surface area contributed by atoms with E-state index in [4.69, 9.17) is 19.0 Å². The van der Waals surface area contributed by atoms with Crippen molar-refractivity contribution < 1.29 is 43.0 Å². The second kappa shape index (κ2) is 13.6. The van der Waals surface area contributed by atoms with Crippen LogP contribution in [0.1, 0.15) is 65.2 Å². The second-order valence-electron chi connectivity index (χ2n) is 6.51. The molecule has 10 heteroatoms. The molecule has 1 aliphatic heterocycles. The molecule has 1 rings (SSSR count). The van der Waals surface area contributed by atoms with Crippen LogP contribution in [0.2, 0.25) is 0 Å². The molecule has 0 aromatic rings. The number of carbonyl (C=O) groups is 5. The lowest BCUT2D eigenvalue weighted by molar-refractivity contribution is -0.197. The molecular weight excluding hydrogens is 386 g/mol. The van der Waals surface area contributed by atoms with Crippen molar-refractivity contribution in [3.8, 4) is 0 Å². The Morgan fingerprint density at radius 3 is 1.86 bits per heavy atom. The largest absolute Gasteiger partial charge is 0.463 e. The lowest BCUT2D eigenvalue weighted by atomic mass is 10.3. The normalized spacial score (nSPS) is 13.7. The fourth-order valence-corrected chi connectivity index (χ4v) is 2.34. The van der Waals surface area contributed by atoms with Gasteiger partial charge in [0.2, 0.25) is 0 Å². The van der Waals surface area contributed by atoms with Crippen LogP contribution in [0.5, 0.6) is 0 Å². The van der Waals surface area contributed by atoms with E-state index in [9.17, 15) is 24.0 Å². The molecule has 0 aliphatic carbocycles. The highest BCUT2D eigenvalue weighted by Gasteiger charge is 2.32. The van der Waals surface area contributed by atoms with Crippen LogP contribution >= 0.6 is 0 Å². The van der Waals surface area contributed by atoms with Gasteiger partial charge in [-0.25, -0.2) is 4.79 Å². The fourth-order valence-electron chi connectivity index (χ4n) is 2.34. The van der Waals surface area contributed by atoms with Crippen LogP contribution in [0, 0.1) is 0 Å². The number of carbonyl (C=O) groups excluding carboxylic acids is 5. The van der Waals surface area contributed by atoms with E-state index < -0.39 is 23.9 Å². The van der Waals surface area contributed by atoms with Crippen LogP contribution in [-0.4, -0.2) is 60.7 Å². The summed E-state index contributed by atoms with van der Waals surface area (Å²) in [5, 5.41) is 0.492. The molecule has 0 N–H and O–H groups in total. The number of nitrogens with zero attached hydrogens (tertiary/aromatic N) is 1. The van der Waals surface area contributed by atoms with E-state index in [2.05, 4.69) is 0 Å². The van der Waals surface area contributed by atoms with Gasteiger partial charge in [-0.1, -0.05) is 13.8 Å². The summed E-state index contributed by atoms with van der Waals surface area (Å²) in [6, 6.07) is 0. The SMILES string of the molecule is CCCC(=O)OCC(COC(=O)CCC)OCCCC(=O)ON1C(=O)CCC1=O. The molecule has 0 bridgehead atoms. The molecule has 0 aromatic heterocycles. The summed E-state index contributed by atoms with van der Waals surface area (Å²) in [5.41, 5.74) is 0. The van der Waals surface area contributed by atoms with E-state index >= 15 is 0 Å². The zero-order valence-electron chi connectivity index (χ0n) is 17.0. The molecule has 164 valence electrons. The molecule has 29 heavy (non-hydrogen) atoms. The fraction of sp³-hybridized carbons (Fsp3) is 0.737. The number of hydroxylamine groups is 2. The van der Waals surface area contributed by atoms with Crippen LogP contribution < -0.4 is 0 Å². The Labute approximate surface area is 169 Å². The Hall–Kier alpha value is -2.49. The highest BCUT2D eigenvalue weighted by Crippen LogP contribution is 2.13. The highest BCUT2D eigenvalue weighted by atomic mass is 16.7. The standard InChI is InChI=1S/C19H29NO9/c1-3-6-17(23)27-12-14(13-28-18(24)7-4-2)26-11-5-8-19(25)29-20-15(21)9-10-16(20)22/h14H,3-13H2,1-2H3. The van der Waals surface area contributed by atoms with E-state index in [0.717, 1.165) is 0 Å². The summed E-state index contributed by atoms with van der Waals surface area (Å²) < 4.78 is 15.7. The molecule has 10 nitrogen and oxygen atoms in total. The smallest absolute Gasteiger partial charge is 0.333 e. The molecule has 0 aromatic carbocycles. The van der Waals surface area contributed by atoms with Crippen molar-refractivity contribution in [1.82, 2.24) is 5.06 Å². The lowest BCUT2D eigenvalue weighted by Gasteiger charge is -2.18. The van der Waals surface area contributed by atoms with Crippen molar-refractivity contribution in [1.29, 1.82) is 0 Å². The molecule has 1 fully saturated rings. The Morgan fingerprint density at radius 1 is 0.862 bits per heavy atom. The van der Waals surface area contributed by atoms with Crippen LogP contribution in [0.3, 0.4) is 0 Å². The average Bonchev–Trinajstić information content (AvgIpc) is 2.99. The van der Waals surface area contributed by atoms with Gasteiger partial charge in [-0.05, 0) is 19.3 Å². The molecule has 1 aliphatic rings. The zero-order valence-corrected chi connectivity index (χ0v) is 17.0. The van der Waals surface area contributed by atoms with Gasteiger partial charge in [0.15, 0.2) is 0 Å². The Bertz CT molecular complexity index is 552. The highest BCUT2D eigenvalue weighted by molar-refractivity contribution is 6.01. The van der Waals surface area contributed by atoms with Gasteiger partial charge in [0, 0.05) is 32.3 Å². The monoisotopic (exact) mass is 415 g/mol. The van der Waals surface area contributed by atoms with E-state index in [0.29, 0.717) is 17.9 Å².